The monoisotopic (exact) mass is 184 g/mol. The molecule has 1 atom stereocenters. The minimum Gasteiger partial charge on any atom is -0.303 e. The zero-order valence-electron chi connectivity index (χ0n) is 9.38. The van der Waals surface area contributed by atoms with Crippen LogP contribution in [-0.2, 0) is 4.79 Å². The standard InChI is InChI=1S/C12H24O/c1-11(2)8-6-4-5-7-9-12(3)10-13/h10-12H,4-9H2,1-3H3. The summed E-state index contributed by atoms with van der Waals surface area (Å²) in [7, 11) is 0. The smallest absolute Gasteiger partial charge is 0.122 e. The van der Waals surface area contributed by atoms with Crippen molar-refractivity contribution < 1.29 is 4.79 Å². The third kappa shape index (κ3) is 9.59. The van der Waals surface area contributed by atoms with Crippen molar-refractivity contribution in [2.24, 2.45) is 11.8 Å². The van der Waals surface area contributed by atoms with Crippen molar-refractivity contribution in [2.45, 2.75) is 59.3 Å². The van der Waals surface area contributed by atoms with E-state index >= 15 is 0 Å². The Morgan fingerprint density at radius 1 is 0.923 bits per heavy atom. The Kier molecular flexibility index (Phi) is 8.07. The molecule has 0 aliphatic heterocycles. The van der Waals surface area contributed by atoms with Gasteiger partial charge in [0.2, 0.25) is 0 Å². The van der Waals surface area contributed by atoms with Crippen LogP contribution in [0.5, 0.6) is 0 Å². The topological polar surface area (TPSA) is 17.1 Å². The van der Waals surface area contributed by atoms with Crippen LogP contribution in [0.2, 0.25) is 0 Å². The van der Waals surface area contributed by atoms with Crippen molar-refractivity contribution >= 4 is 6.29 Å². The van der Waals surface area contributed by atoms with Crippen molar-refractivity contribution in [1.29, 1.82) is 0 Å². The fraction of sp³-hybridized carbons (Fsp3) is 0.917. The molecule has 0 fully saturated rings. The Balaban J connectivity index is 3.03. The number of hydrogen-bond donors (Lipinski definition) is 0. The third-order valence-corrected chi connectivity index (χ3v) is 2.42. The summed E-state index contributed by atoms with van der Waals surface area (Å²) in [6, 6.07) is 0. The molecule has 13 heavy (non-hydrogen) atoms. The van der Waals surface area contributed by atoms with Gasteiger partial charge in [0.05, 0.1) is 0 Å². The first kappa shape index (κ1) is 12.7. The van der Waals surface area contributed by atoms with Crippen LogP contribution in [0.1, 0.15) is 59.3 Å². The molecule has 0 rings (SSSR count). The van der Waals surface area contributed by atoms with Crippen LogP contribution in [0.25, 0.3) is 0 Å². The highest BCUT2D eigenvalue weighted by atomic mass is 16.1. The van der Waals surface area contributed by atoms with Gasteiger partial charge in [-0.25, -0.2) is 0 Å². The highest BCUT2D eigenvalue weighted by Gasteiger charge is 1.99. The quantitative estimate of drug-likeness (QED) is 0.414. The summed E-state index contributed by atoms with van der Waals surface area (Å²) in [5.74, 6) is 1.11. The Morgan fingerprint density at radius 3 is 1.92 bits per heavy atom. The molecule has 0 saturated carbocycles. The van der Waals surface area contributed by atoms with Crippen LogP contribution in [0, 0.1) is 11.8 Å². The molecule has 0 bridgehead atoms. The van der Waals surface area contributed by atoms with Gasteiger partial charge in [-0.05, 0) is 12.3 Å². The molecule has 0 aliphatic carbocycles. The second-order valence-corrected chi connectivity index (χ2v) is 4.50. The molecule has 0 aromatic heterocycles. The van der Waals surface area contributed by atoms with E-state index in [1.807, 2.05) is 6.92 Å². The highest BCUT2D eigenvalue weighted by molar-refractivity contribution is 5.52. The summed E-state index contributed by atoms with van der Waals surface area (Å²) < 4.78 is 0. The maximum Gasteiger partial charge on any atom is 0.122 e. The van der Waals surface area contributed by atoms with Crippen molar-refractivity contribution in [3.63, 3.8) is 0 Å². The largest absolute Gasteiger partial charge is 0.303 e. The van der Waals surface area contributed by atoms with Crippen molar-refractivity contribution in [2.75, 3.05) is 0 Å². The lowest BCUT2D eigenvalue weighted by Gasteiger charge is -2.05. The molecule has 0 amide bonds. The average Bonchev–Trinajstić information content (AvgIpc) is 2.10. The summed E-state index contributed by atoms with van der Waals surface area (Å²) in [6.07, 6.45) is 8.70. The molecule has 0 aromatic carbocycles. The van der Waals surface area contributed by atoms with Gasteiger partial charge in [-0.15, -0.1) is 0 Å². The molecule has 0 heterocycles. The third-order valence-electron chi connectivity index (χ3n) is 2.42. The predicted octanol–water partition coefficient (Wildman–Crippen LogP) is 3.82. The highest BCUT2D eigenvalue weighted by Crippen LogP contribution is 2.12. The van der Waals surface area contributed by atoms with Crippen LogP contribution in [-0.4, -0.2) is 6.29 Å². The molecule has 1 unspecified atom stereocenters. The van der Waals surface area contributed by atoms with Gasteiger partial charge in [-0.2, -0.15) is 0 Å². The molecule has 0 N–H and O–H groups in total. The van der Waals surface area contributed by atoms with Gasteiger partial charge in [0, 0.05) is 5.92 Å². The van der Waals surface area contributed by atoms with E-state index < -0.39 is 0 Å². The maximum atomic E-state index is 10.3. The summed E-state index contributed by atoms with van der Waals surface area (Å²) in [4.78, 5) is 10.3. The summed E-state index contributed by atoms with van der Waals surface area (Å²) in [6.45, 7) is 6.55. The van der Waals surface area contributed by atoms with E-state index in [0.29, 0.717) is 0 Å². The molecule has 1 heteroatoms. The molecule has 0 radical (unpaired) electrons. The van der Waals surface area contributed by atoms with Crippen LogP contribution >= 0.6 is 0 Å². The van der Waals surface area contributed by atoms with Crippen LogP contribution in [0.4, 0.5) is 0 Å². The first-order valence-corrected chi connectivity index (χ1v) is 5.62. The zero-order valence-corrected chi connectivity index (χ0v) is 9.38. The number of unbranched alkanes of at least 4 members (excludes halogenated alkanes) is 3. The summed E-state index contributed by atoms with van der Waals surface area (Å²) >= 11 is 0. The second kappa shape index (κ2) is 8.28. The minimum absolute atomic E-state index is 0.269. The van der Waals surface area contributed by atoms with E-state index in [1.165, 1.54) is 32.1 Å². The van der Waals surface area contributed by atoms with Crippen molar-refractivity contribution in [1.82, 2.24) is 0 Å². The lowest BCUT2D eigenvalue weighted by atomic mass is 10.0. The van der Waals surface area contributed by atoms with E-state index in [-0.39, 0.29) is 5.92 Å². The van der Waals surface area contributed by atoms with Gasteiger partial charge in [0.15, 0.2) is 0 Å². The van der Waals surface area contributed by atoms with E-state index in [2.05, 4.69) is 13.8 Å². The van der Waals surface area contributed by atoms with Crippen molar-refractivity contribution in [3.8, 4) is 0 Å². The normalized spacial score (nSPS) is 13.2. The van der Waals surface area contributed by atoms with Gasteiger partial charge in [0.1, 0.15) is 6.29 Å². The van der Waals surface area contributed by atoms with E-state index in [0.717, 1.165) is 18.6 Å². The van der Waals surface area contributed by atoms with Crippen LogP contribution < -0.4 is 0 Å². The van der Waals surface area contributed by atoms with E-state index in [1.54, 1.807) is 0 Å². The number of carbonyl (C=O) groups excluding carboxylic acids is 1. The summed E-state index contributed by atoms with van der Waals surface area (Å²) in [5.41, 5.74) is 0. The lowest BCUT2D eigenvalue weighted by molar-refractivity contribution is -0.110. The minimum atomic E-state index is 0.269. The Hall–Kier alpha value is -0.330. The number of hydrogen-bond acceptors (Lipinski definition) is 1. The number of carbonyl (C=O) groups is 1. The molecular formula is C12H24O. The number of rotatable bonds is 8. The van der Waals surface area contributed by atoms with Crippen molar-refractivity contribution in [3.05, 3.63) is 0 Å². The van der Waals surface area contributed by atoms with E-state index in [9.17, 15) is 4.79 Å². The molecule has 0 aliphatic rings. The first-order chi connectivity index (χ1) is 6.16. The molecule has 78 valence electrons. The molecule has 0 spiro atoms. The van der Waals surface area contributed by atoms with Crippen LogP contribution in [0.15, 0.2) is 0 Å². The average molecular weight is 184 g/mol. The maximum absolute atomic E-state index is 10.3. The Morgan fingerprint density at radius 2 is 1.46 bits per heavy atom. The Labute approximate surface area is 82.9 Å². The van der Waals surface area contributed by atoms with Gasteiger partial charge in [0.25, 0.3) is 0 Å². The SMILES string of the molecule is CC(C)CCCCCCC(C)C=O. The molecule has 0 aromatic rings. The Bertz CT molecular complexity index is 118. The fourth-order valence-electron chi connectivity index (χ4n) is 1.44. The number of aldehydes is 1. The first-order valence-electron chi connectivity index (χ1n) is 5.62. The van der Waals surface area contributed by atoms with Crippen LogP contribution in [0.3, 0.4) is 0 Å². The fourth-order valence-corrected chi connectivity index (χ4v) is 1.44. The zero-order chi connectivity index (χ0) is 10.1. The molecular weight excluding hydrogens is 160 g/mol. The van der Waals surface area contributed by atoms with Gasteiger partial charge >= 0.3 is 0 Å². The molecule has 0 saturated heterocycles. The van der Waals surface area contributed by atoms with E-state index in [4.69, 9.17) is 0 Å². The van der Waals surface area contributed by atoms with Gasteiger partial charge < -0.3 is 4.79 Å². The predicted molar refractivity (Wildman–Crippen MR) is 57.8 cm³/mol. The lowest BCUT2D eigenvalue weighted by Crippen LogP contribution is -1.95. The summed E-state index contributed by atoms with van der Waals surface area (Å²) in [5, 5.41) is 0. The second-order valence-electron chi connectivity index (χ2n) is 4.50. The van der Waals surface area contributed by atoms with Gasteiger partial charge in [-0.1, -0.05) is 52.9 Å². The van der Waals surface area contributed by atoms with Gasteiger partial charge in [-0.3, -0.25) is 0 Å². The molecule has 1 nitrogen and oxygen atoms in total.